The van der Waals surface area contributed by atoms with Crippen LogP contribution in [0.15, 0.2) is 22.6 Å². The van der Waals surface area contributed by atoms with Gasteiger partial charge in [-0.25, -0.2) is 9.18 Å². The van der Waals surface area contributed by atoms with E-state index in [9.17, 15) is 9.18 Å². The van der Waals surface area contributed by atoms with Gasteiger partial charge in [-0.3, -0.25) is 0 Å². The minimum absolute atomic E-state index is 0. The maximum Gasteiger partial charge on any atom is 0.407 e. The van der Waals surface area contributed by atoms with Gasteiger partial charge in [0.25, 0.3) is 0 Å². The molecule has 10 heteroatoms. The summed E-state index contributed by atoms with van der Waals surface area (Å²) in [6.07, 6.45) is 0.424. The lowest BCUT2D eigenvalue weighted by Gasteiger charge is -2.28. The topological polar surface area (TPSA) is 86.5 Å². The molecule has 1 saturated heterocycles. The standard InChI is InChI=1S/C18H21ClFN3O4.ClH/c1-18(2,3)27-17(24)21-11-5-7-14(25-9-11)16-23-22-15(26-16)10-4-6-12(19)13(20)8-10;/h4,6,8,11,14H,5,7,9H2,1-3H3,(H,21,24);1H/t11-,14+;/m1./s1. The van der Waals surface area contributed by atoms with Gasteiger partial charge in [0.15, 0.2) is 0 Å². The van der Waals surface area contributed by atoms with Crippen molar-refractivity contribution in [2.24, 2.45) is 0 Å². The van der Waals surface area contributed by atoms with E-state index in [-0.39, 0.29) is 35.5 Å². The van der Waals surface area contributed by atoms with Crippen LogP contribution in [-0.2, 0) is 9.47 Å². The first-order chi connectivity index (χ1) is 12.7. The van der Waals surface area contributed by atoms with Crippen molar-refractivity contribution in [3.8, 4) is 11.5 Å². The van der Waals surface area contributed by atoms with Crippen LogP contribution >= 0.6 is 24.0 Å². The van der Waals surface area contributed by atoms with Crippen molar-refractivity contribution in [1.82, 2.24) is 15.5 Å². The summed E-state index contributed by atoms with van der Waals surface area (Å²) in [7, 11) is 0. The molecule has 0 unspecified atom stereocenters. The summed E-state index contributed by atoms with van der Waals surface area (Å²) in [6.45, 7) is 5.72. The van der Waals surface area contributed by atoms with Crippen molar-refractivity contribution >= 4 is 30.1 Å². The number of nitrogens with zero attached hydrogens (tertiary/aromatic N) is 2. The molecule has 0 aliphatic carbocycles. The normalized spacial score (nSPS) is 19.6. The van der Waals surface area contributed by atoms with Gasteiger partial charge in [0.2, 0.25) is 11.8 Å². The predicted octanol–water partition coefficient (Wildman–Crippen LogP) is 4.70. The van der Waals surface area contributed by atoms with Crippen molar-refractivity contribution in [3.63, 3.8) is 0 Å². The van der Waals surface area contributed by atoms with Crippen molar-refractivity contribution in [3.05, 3.63) is 34.9 Å². The number of hydrogen-bond donors (Lipinski definition) is 1. The second-order valence-electron chi connectivity index (χ2n) is 7.32. The summed E-state index contributed by atoms with van der Waals surface area (Å²) >= 11 is 5.68. The zero-order valence-electron chi connectivity index (χ0n) is 15.7. The SMILES string of the molecule is CC(C)(C)OC(=O)N[C@@H]1CC[C@@H](c2nnc(-c3ccc(Cl)c(F)c3)o2)OC1.Cl. The second-order valence-corrected chi connectivity index (χ2v) is 7.72. The molecule has 1 N–H and O–H groups in total. The minimum Gasteiger partial charge on any atom is -0.444 e. The largest absolute Gasteiger partial charge is 0.444 e. The van der Waals surface area contributed by atoms with Gasteiger partial charge in [-0.05, 0) is 51.8 Å². The van der Waals surface area contributed by atoms with E-state index in [1.165, 1.54) is 12.1 Å². The average molecular weight is 434 g/mol. The predicted molar refractivity (Wildman–Crippen MR) is 103 cm³/mol. The molecule has 28 heavy (non-hydrogen) atoms. The van der Waals surface area contributed by atoms with Gasteiger partial charge in [-0.15, -0.1) is 22.6 Å². The Balaban J connectivity index is 0.00000280. The first-order valence-corrected chi connectivity index (χ1v) is 8.99. The fourth-order valence-corrected chi connectivity index (χ4v) is 2.76. The summed E-state index contributed by atoms with van der Waals surface area (Å²) < 4.78 is 30.2. The molecule has 1 aliphatic rings. The van der Waals surface area contributed by atoms with Crippen LogP contribution in [0.2, 0.25) is 5.02 Å². The van der Waals surface area contributed by atoms with Gasteiger partial charge in [-0.1, -0.05) is 11.6 Å². The number of alkyl carbamates (subject to hydrolysis) is 1. The van der Waals surface area contributed by atoms with Gasteiger partial charge in [0.05, 0.1) is 17.7 Å². The highest BCUT2D eigenvalue weighted by molar-refractivity contribution is 6.30. The quantitative estimate of drug-likeness (QED) is 0.754. The average Bonchev–Trinajstić information content (AvgIpc) is 3.06. The van der Waals surface area contributed by atoms with Crippen LogP contribution in [0.25, 0.3) is 11.5 Å². The fraction of sp³-hybridized carbons (Fsp3) is 0.500. The Morgan fingerprint density at radius 1 is 1.32 bits per heavy atom. The van der Waals surface area contributed by atoms with E-state index >= 15 is 0 Å². The first kappa shape index (κ1) is 22.4. The Morgan fingerprint density at radius 3 is 2.68 bits per heavy atom. The molecule has 0 radical (unpaired) electrons. The van der Waals surface area contributed by atoms with Crippen molar-refractivity contribution in [2.45, 2.75) is 51.4 Å². The van der Waals surface area contributed by atoms with Crippen LogP contribution in [-0.4, -0.2) is 34.5 Å². The Kier molecular flexibility index (Phi) is 7.25. The van der Waals surface area contributed by atoms with Gasteiger partial charge in [0.1, 0.15) is 17.5 Å². The second kappa shape index (κ2) is 9.07. The van der Waals surface area contributed by atoms with Gasteiger partial charge in [-0.2, -0.15) is 0 Å². The Labute approximate surface area is 173 Å². The van der Waals surface area contributed by atoms with E-state index in [2.05, 4.69) is 15.5 Å². The molecular formula is C18H22Cl2FN3O4. The molecule has 3 rings (SSSR count). The maximum absolute atomic E-state index is 13.6. The molecule has 0 spiro atoms. The monoisotopic (exact) mass is 433 g/mol. The molecule has 2 aromatic rings. The number of rotatable bonds is 3. The number of benzene rings is 1. The summed E-state index contributed by atoms with van der Waals surface area (Å²) in [5.41, 5.74) is -0.111. The first-order valence-electron chi connectivity index (χ1n) is 8.61. The molecule has 7 nitrogen and oxygen atoms in total. The lowest BCUT2D eigenvalue weighted by molar-refractivity contribution is -0.0217. The Hall–Kier alpha value is -1.90. The van der Waals surface area contributed by atoms with E-state index in [0.717, 1.165) is 0 Å². The highest BCUT2D eigenvalue weighted by atomic mass is 35.5. The molecule has 0 bridgehead atoms. The van der Waals surface area contributed by atoms with Crippen molar-refractivity contribution in [2.75, 3.05) is 6.61 Å². The molecule has 1 aromatic carbocycles. The molecule has 1 aliphatic heterocycles. The molecule has 2 heterocycles. The minimum atomic E-state index is -0.557. The van der Waals surface area contributed by atoms with Crippen LogP contribution in [0.3, 0.4) is 0 Å². The van der Waals surface area contributed by atoms with Crippen molar-refractivity contribution < 1.29 is 23.1 Å². The summed E-state index contributed by atoms with van der Waals surface area (Å²) in [5, 5.41) is 10.7. The number of carbonyl (C=O) groups excluding carboxylic acids is 1. The Bertz CT molecular complexity index is 817. The molecule has 154 valence electrons. The van der Waals surface area contributed by atoms with E-state index in [1.807, 2.05) is 0 Å². The number of carbonyl (C=O) groups is 1. The molecule has 2 atom stereocenters. The highest BCUT2D eigenvalue weighted by Crippen LogP contribution is 2.30. The molecule has 1 aromatic heterocycles. The third kappa shape index (κ3) is 5.80. The molecule has 1 amide bonds. The van der Waals surface area contributed by atoms with Crippen LogP contribution < -0.4 is 5.32 Å². The van der Waals surface area contributed by atoms with E-state index in [4.69, 9.17) is 25.5 Å². The zero-order chi connectivity index (χ0) is 19.6. The summed E-state index contributed by atoms with van der Waals surface area (Å²) in [5.74, 6) is -0.0480. The van der Waals surface area contributed by atoms with Crippen LogP contribution in [0.1, 0.15) is 45.6 Å². The van der Waals surface area contributed by atoms with Crippen LogP contribution in [0.4, 0.5) is 9.18 Å². The third-order valence-corrected chi connectivity index (χ3v) is 4.19. The number of ether oxygens (including phenoxy) is 2. The molecule has 1 fully saturated rings. The summed E-state index contributed by atoms with van der Waals surface area (Å²) in [4.78, 5) is 11.8. The molecular weight excluding hydrogens is 412 g/mol. The van der Waals surface area contributed by atoms with Crippen molar-refractivity contribution in [1.29, 1.82) is 0 Å². The van der Waals surface area contributed by atoms with Crippen LogP contribution in [0, 0.1) is 5.82 Å². The lowest BCUT2D eigenvalue weighted by atomic mass is 10.1. The Morgan fingerprint density at radius 2 is 2.07 bits per heavy atom. The van der Waals surface area contributed by atoms with E-state index in [1.54, 1.807) is 26.8 Å². The lowest BCUT2D eigenvalue weighted by Crippen LogP contribution is -2.43. The number of halogens is 3. The summed E-state index contributed by atoms with van der Waals surface area (Å²) in [6, 6.07) is 4.12. The smallest absolute Gasteiger partial charge is 0.407 e. The van der Waals surface area contributed by atoms with E-state index < -0.39 is 17.5 Å². The van der Waals surface area contributed by atoms with Gasteiger partial charge >= 0.3 is 6.09 Å². The number of aromatic nitrogens is 2. The zero-order valence-corrected chi connectivity index (χ0v) is 17.3. The van der Waals surface area contributed by atoms with Gasteiger partial charge < -0.3 is 19.2 Å². The third-order valence-electron chi connectivity index (χ3n) is 3.88. The number of amides is 1. The number of hydrogen-bond acceptors (Lipinski definition) is 6. The van der Waals surface area contributed by atoms with E-state index in [0.29, 0.717) is 30.9 Å². The van der Waals surface area contributed by atoms with Gasteiger partial charge in [0, 0.05) is 5.56 Å². The fourth-order valence-electron chi connectivity index (χ4n) is 2.64. The maximum atomic E-state index is 13.6. The highest BCUT2D eigenvalue weighted by Gasteiger charge is 2.29. The van der Waals surface area contributed by atoms with Crippen LogP contribution in [0.5, 0.6) is 0 Å². The molecule has 0 saturated carbocycles. The number of nitrogens with one attached hydrogen (secondary N) is 1.